The molecule has 0 aromatic carbocycles. The van der Waals surface area contributed by atoms with Gasteiger partial charge in [-0.2, -0.15) is 13.2 Å². The Morgan fingerprint density at radius 1 is 1.33 bits per heavy atom. The van der Waals surface area contributed by atoms with Crippen molar-refractivity contribution in [2.45, 2.75) is 12.6 Å². The molecule has 12 heavy (non-hydrogen) atoms. The van der Waals surface area contributed by atoms with E-state index in [1.807, 2.05) is 0 Å². The van der Waals surface area contributed by atoms with Crippen molar-refractivity contribution in [3.8, 4) is 0 Å². The first-order chi connectivity index (χ1) is 4.68. The van der Waals surface area contributed by atoms with Gasteiger partial charge in [-0.1, -0.05) is 0 Å². The maximum Gasteiger partial charge on any atom is 1.00 e. The molecule has 0 aliphatic rings. The first-order valence-electron chi connectivity index (χ1n) is 1.81. The minimum absolute atomic E-state index is 0. The summed E-state index contributed by atoms with van der Waals surface area (Å²) in [7, 11) is 0. The SMILES string of the molecule is FC(F)C(F)(F)F.O=S([O-])O.[K+]. The van der Waals surface area contributed by atoms with E-state index in [2.05, 4.69) is 0 Å². The predicted octanol–water partition coefficient (Wildman–Crippen LogP) is -1.84. The Morgan fingerprint density at radius 2 is 1.42 bits per heavy atom. The van der Waals surface area contributed by atoms with Gasteiger partial charge in [-0.05, 0) is 0 Å². The van der Waals surface area contributed by atoms with Gasteiger partial charge in [-0.15, -0.1) is 0 Å². The molecule has 0 saturated heterocycles. The van der Waals surface area contributed by atoms with Crippen LogP contribution in [0.4, 0.5) is 22.0 Å². The summed E-state index contributed by atoms with van der Waals surface area (Å²) >= 11 is -2.86. The van der Waals surface area contributed by atoms with Crippen LogP contribution in [0.15, 0.2) is 0 Å². The van der Waals surface area contributed by atoms with E-state index in [1.165, 1.54) is 0 Å². The Balaban J connectivity index is -0.000000142. The maximum atomic E-state index is 10.4. The molecule has 0 fully saturated rings. The third kappa shape index (κ3) is 22.5. The van der Waals surface area contributed by atoms with Crippen LogP contribution in [0.2, 0.25) is 0 Å². The van der Waals surface area contributed by atoms with Crippen LogP contribution < -0.4 is 51.4 Å². The number of hydrogen-bond acceptors (Lipinski definition) is 2. The van der Waals surface area contributed by atoms with Crippen LogP contribution in [0.3, 0.4) is 0 Å². The Kier molecular flexibility index (Phi) is 14.2. The molecule has 0 rings (SSSR count). The van der Waals surface area contributed by atoms with Crippen molar-refractivity contribution in [1.29, 1.82) is 0 Å². The molecular weight excluding hydrogens is 238 g/mol. The van der Waals surface area contributed by atoms with Crippen LogP contribution in [-0.2, 0) is 11.4 Å². The zero-order chi connectivity index (χ0) is 9.65. The fraction of sp³-hybridized carbons (Fsp3) is 1.00. The van der Waals surface area contributed by atoms with Gasteiger partial charge in [-0.25, -0.2) is 13.0 Å². The van der Waals surface area contributed by atoms with Crippen LogP contribution in [0.5, 0.6) is 0 Å². The number of alkyl halides is 5. The molecule has 3 nitrogen and oxygen atoms in total. The summed E-state index contributed by atoms with van der Waals surface area (Å²) in [5.74, 6) is 0. The Labute approximate surface area is 109 Å². The van der Waals surface area contributed by atoms with Gasteiger partial charge in [0, 0.05) is 0 Å². The molecule has 0 radical (unpaired) electrons. The number of halogens is 5. The molecule has 0 amide bonds. The second kappa shape index (κ2) is 8.93. The molecule has 0 bridgehead atoms. The van der Waals surface area contributed by atoms with Crippen LogP contribution in [0, 0.1) is 0 Å². The molecule has 1 N–H and O–H groups in total. The van der Waals surface area contributed by atoms with Gasteiger partial charge in [0.2, 0.25) is 0 Å². The van der Waals surface area contributed by atoms with Gasteiger partial charge in [-0.3, -0.25) is 0 Å². The van der Waals surface area contributed by atoms with E-state index >= 15 is 0 Å². The fourth-order valence-corrected chi connectivity index (χ4v) is 0. The minimum atomic E-state index is -5.33. The van der Waals surface area contributed by atoms with Crippen LogP contribution in [0.25, 0.3) is 0 Å². The van der Waals surface area contributed by atoms with Gasteiger partial charge >= 0.3 is 64.0 Å². The molecule has 0 aliphatic heterocycles. The van der Waals surface area contributed by atoms with E-state index in [-0.39, 0.29) is 51.4 Å². The third-order valence-corrected chi connectivity index (χ3v) is 0.247. The number of rotatable bonds is 0. The molecule has 0 saturated carbocycles. The molecule has 1 atom stereocenters. The molecule has 10 heteroatoms. The monoisotopic (exact) mass is 240 g/mol. The van der Waals surface area contributed by atoms with E-state index < -0.39 is 24.0 Å². The second-order valence-corrected chi connectivity index (χ2v) is 1.49. The van der Waals surface area contributed by atoms with Crippen LogP contribution in [0.1, 0.15) is 0 Å². The molecule has 70 valence electrons. The molecule has 0 spiro atoms. The van der Waals surface area contributed by atoms with Gasteiger partial charge in [0.25, 0.3) is 0 Å². The molecule has 1 unspecified atom stereocenters. The van der Waals surface area contributed by atoms with E-state index in [4.69, 9.17) is 13.3 Å². The van der Waals surface area contributed by atoms with E-state index in [1.54, 1.807) is 0 Å². The molecule has 0 aliphatic carbocycles. The van der Waals surface area contributed by atoms with Crippen molar-refractivity contribution in [2.24, 2.45) is 0 Å². The van der Waals surface area contributed by atoms with Crippen molar-refractivity contribution in [3.05, 3.63) is 0 Å². The zero-order valence-corrected chi connectivity index (χ0v) is 9.58. The third-order valence-electron chi connectivity index (χ3n) is 0.247. The smallest absolute Gasteiger partial charge is 0.750 e. The van der Waals surface area contributed by atoms with Crippen molar-refractivity contribution < 1.29 is 86.7 Å². The average molecular weight is 240 g/mol. The summed E-state index contributed by atoms with van der Waals surface area (Å²) in [6, 6.07) is 0. The van der Waals surface area contributed by atoms with E-state index in [0.29, 0.717) is 0 Å². The summed E-state index contributed by atoms with van der Waals surface area (Å²) in [5.41, 5.74) is 0. The normalized spacial score (nSPS) is 12.7. The van der Waals surface area contributed by atoms with Gasteiger partial charge in [0.05, 0.1) is 11.4 Å². The molecule has 0 aromatic rings. The van der Waals surface area contributed by atoms with Crippen molar-refractivity contribution in [3.63, 3.8) is 0 Å². The van der Waals surface area contributed by atoms with Crippen molar-refractivity contribution >= 4 is 11.4 Å². The van der Waals surface area contributed by atoms with Gasteiger partial charge in [0.15, 0.2) is 0 Å². The fourth-order valence-electron chi connectivity index (χ4n) is 0. The first-order valence-corrected chi connectivity index (χ1v) is 2.84. The first kappa shape index (κ1) is 19.0. The number of hydrogen-bond donors (Lipinski definition) is 1. The van der Waals surface area contributed by atoms with Crippen molar-refractivity contribution in [1.82, 2.24) is 0 Å². The molecule has 0 aromatic heterocycles. The summed E-state index contributed by atoms with van der Waals surface area (Å²) in [6.45, 7) is 0. The summed E-state index contributed by atoms with van der Waals surface area (Å²) in [6.07, 6.45) is -9.53. The summed E-state index contributed by atoms with van der Waals surface area (Å²) in [5, 5.41) is 0. The Bertz CT molecular complexity index is 122. The topological polar surface area (TPSA) is 60.4 Å². The molecular formula is C2H2F5KO3S. The Hall–Kier alpha value is 1.36. The standard InChI is InChI=1S/C2HF5.K.H2O3S/c3-1(4)2(5,6)7;;1-4(2)3/h1H;;(H2,1,2,3)/q;+1;/p-1. The maximum absolute atomic E-state index is 10.4. The van der Waals surface area contributed by atoms with Crippen LogP contribution in [-0.4, -0.2) is 25.9 Å². The van der Waals surface area contributed by atoms with E-state index in [0.717, 1.165) is 0 Å². The van der Waals surface area contributed by atoms with Gasteiger partial charge < -0.3 is 9.11 Å². The quantitative estimate of drug-likeness (QED) is 0.307. The summed E-state index contributed by atoms with van der Waals surface area (Å²) < 4.78 is 76.2. The molecule has 0 heterocycles. The zero-order valence-electron chi connectivity index (χ0n) is 5.64. The second-order valence-electron chi connectivity index (χ2n) is 1.06. The largest absolute Gasteiger partial charge is 1.00 e. The predicted molar refractivity (Wildman–Crippen MR) is 23.6 cm³/mol. The summed E-state index contributed by atoms with van der Waals surface area (Å²) in [4.78, 5) is 0. The van der Waals surface area contributed by atoms with Crippen molar-refractivity contribution in [2.75, 3.05) is 0 Å². The Morgan fingerprint density at radius 3 is 1.42 bits per heavy atom. The average Bonchev–Trinajstić information content (AvgIpc) is 1.59. The van der Waals surface area contributed by atoms with Crippen LogP contribution >= 0.6 is 0 Å². The van der Waals surface area contributed by atoms with Gasteiger partial charge in [0.1, 0.15) is 0 Å². The minimum Gasteiger partial charge on any atom is -0.750 e. The van der Waals surface area contributed by atoms with E-state index in [9.17, 15) is 22.0 Å².